The van der Waals surface area contributed by atoms with E-state index < -0.39 is 10.7 Å². The fourth-order valence-electron chi connectivity index (χ4n) is 2.25. The van der Waals surface area contributed by atoms with Crippen LogP contribution in [0.5, 0.6) is 0 Å². The van der Waals surface area contributed by atoms with E-state index in [9.17, 15) is 19.3 Å². The summed E-state index contributed by atoms with van der Waals surface area (Å²) in [6.45, 7) is 2.32. The van der Waals surface area contributed by atoms with Crippen molar-refractivity contribution in [3.05, 3.63) is 39.7 Å². The number of nitro benzene ring substituents is 1. The molecule has 114 valence electrons. The number of hydrogen-bond acceptors (Lipinski definition) is 4. The van der Waals surface area contributed by atoms with Crippen LogP contribution in [-0.4, -0.2) is 42.0 Å². The minimum Gasteiger partial charge on any atom is -0.378 e. The molecule has 1 saturated heterocycles. The Morgan fingerprint density at radius 2 is 2.10 bits per heavy atom. The predicted molar refractivity (Wildman–Crippen MR) is 73.4 cm³/mol. The molecule has 0 bridgehead atoms. The standard InChI is InChI=1S/C14H17FN2O4/c15-13-10-12(17(19)20)5-4-11(13)2-1-3-14(18)16-6-8-21-9-7-16/h4-5,10H,1-3,6-9H2. The molecule has 1 heterocycles. The average molecular weight is 296 g/mol. The molecule has 1 amide bonds. The first kappa shape index (κ1) is 15.4. The number of nitrogens with zero attached hydrogens (tertiary/aromatic N) is 2. The summed E-state index contributed by atoms with van der Waals surface area (Å²) in [6.07, 6.45) is 1.25. The first-order valence-corrected chi connectivity index (χ1v) is 6.86. The van der Waals surface area contributed by atoms with Crippen molar-refractivity contribution < 1.29 is 18.8 Å². The van der Waals surface area contributed by atoms with E-state index in [-0.39, 0.29) is 11.6 Å². The second-order valence-electron chi connectivity index (χ2n) is 4.88. The highest BCUT2D eigenvalue weighted by molar-refractivity contribution is 5.76. The summed E-state index contributed by atoms with van der Waals surface area (Å²) in [5.74, 6) is -0.552. The number of nitro groups is 1. The van der Waals surface area contributed by atoms with Crippen LogP contribution >= 0.6 is 0 Å². The Morgan fingerprint density at radius 1 is 1.38 bits per heavy atom. The lowest BCUT2D eigenvalue weighted by Crippen LogP contribution is -2.40. The zero-order valence-electron chi connectivity index (χ0n) is 11.6. The lowest BCUT2D eigenvalue weighted by atomic mass is 10.1. The number of carbonyl (C=O) groups is 1. The third-order valence-corrected chi connectivity index (χ3v) is 3.45. The van der Waals surface area contributed by atoms with E-state index in [2.05, 4.69) is 0 Å². The van der Waals surface area contributed by atoms with Gasteiger partial charge in [-0.3, -0.25) is 14.9 Å². The Bertz CT molecular complexity index is 530. The molecule has 1 aromatic rings. The van der Waals surface area contributed by atoms with E-state index >= 15 is 0 Å². The van der Waals surface area contributed by atoms with Crippen LogP contribution in [0, 0.1) is 15.9 Å². The summed E-state index contributed by atoms with van der Waals surface area (Å²) >= 11 is 0. The van der Waals surface area contributed by atoms with Crippen LogP contribution in [0.25, 0.3) is 0 Å². The van der Waals surface area contributed by atoms with Crippen molar-refractivity contribution in [3.63, 3.8) is 0 Å². The van der Waals surface area contributed by atoms with E-state index in [4.69, 9.17) is 4.74 Å². The quantitative estimate of drug-likeness (QED) is 0.614. The maximum Gasteiger partial charge on any atom is 0.272 e. The molecule has 1 aliphatic rings. The minimum atomic E-state index is -0.630. The van der Waals surface area contributed by atoms with Crippen LogP contribution in [0.15, 0.2) is 18.2 Å². The van der Waals surface area contributed by atoms with Gasteiger partial charge in [-0.2, -0.15) is 0 Å². The molecule has 2 rings (SSSR count). The molecular formula is C14H17FN2O4. The van der Waals surface area contributed by atoms with Crippen molar-refractivity contribution in [2.24, 2.45) is 0 Å². The van der Waals surface area contributed by atoms with Gasteiger partial charge in [-0.25, -0.2) is 4.39 Å². The Balaban J connectivity index is 1.83. The van der Waals surface area contributed by atoms with Crippen LogP contribution < -0.4 is 0 Å². The van der Waals surface area contributed by atoms with E-state index in [1.807, 2.05) is 0 Å². The number of ether oxygens (including phenoxy) is 1. The van der Waals surface area contributed by atoms with Crippen LogP contribution in [0.3, 0.4) is 0 Å². The number of non-ortho nitro benzene ring substituents is 1. The van der Waals surface area contributed by atoms with Gasteiger partial charge in [0.1, 0.15) is 5.82 Å². The molecule has 0 aromatic heterocycles. The first-order valence-electron chi connectivity index (χ1n) is 6.86. The highest BCUT2D eigenvalue weighted by Crippen LogP contribution is 2.18. The second kappa shape index (κ2) is 7.12. The maximum absolute atomic E-state index is 13.7. The summed E-state index contributed by atoms with van der Waals surface area (Å²) in [5.41, 5.74) is 0.135. The minimum absolute atomic E-state index is 0.0422. The van der Waals surface area contributed by atoms with Gasteiger partial charge < -0.3 is 9.64 Å². The Kier molecular flexibility index (Phi) is 5.21. The van der Waals surface area contributed by atoms with Gasteiger partial charge >= 0.3 is 0 Å². The maximum atomic E-state index is 13.7. The van der Waals surface area contributed by atoms with Gasteiger partial charge in [0.05, 0.1) is 24.2 Å². The molecule has 0 aliphatic carbocycles. The lowest BCUT2D eigenvalue weighted by molar-refractivity contribution is -0.385. The molecule has 1 aliphatic heterocycles. The SMILES string of the molecule is O=C(CCCc1ccc([N+](=O)[O-])cc1F)N1CCOCC1. The topological polar surface area (TPSA) is 72.7 Å². The molecule has 6 nitrogen and oxygen atoms in total. The van der Waals surface area contributed by atoms with Gasteiger partial charge in [-0.1, -0.05) is 0 Å². The molecule has 0 unspecified atom stereocenters. The molecule has 0 spiro atoms. The number of benzene rings is 1. The molecule has 1 aromatic carbocycles. The molecule has 7 heteroatoms. The van der Waals surface area contributed by atoms with E-state index in [1.54, 1.807) is 4.90 Å². The zero-order valence-corrected chi connectivity index (χ0v) is 11.6. The Morgan fingerprint density at radius 3 is 2.71 bits per heavy atom. The highest BCUT2D eigenvalue weighted by Gasteiger charge is 2.16. The summed E-state index contributed by atoms with van der Waals surface area (Å²) in [5, 5.41) is 10.5. The van der Waals surface area contributed by atoms with Crippen LogP contribution in [0.1, 0.15) is 18.4 Å². The summed E-state index contributed by atoms with van der Waals surface area (Å²) in [4.78, 5) is 23.5. The van der Waals surface area contributed by atoms with Gasteiger partial charge in [0, 0.05) is 25.6 Å². The molecule has 0 atom stereocenters. The number of amides is 1. The van der Waals surface area contributed by atoms with Crippen molar-refractivity contribution >= 4 is 11.6 Å². The molecule has 0 N–H and O–H groups in total. The molecule has 21 heavy (non-hydrogen) atoms. The predicted octanol–water partition coefficient (Wildman–Crippen LogP) is 1.92. The average Bonchev–Trinajstić information content (AvgIpc) is 2.49. The Hall–Kier alpha value is -2.02. The monoisotopic (exact) mass is 296 g/mol. The van der Waals surface area contributed by atoms with E-state index in [1.165, 1.54) is 12.1 Å². The Labute approximate surface area is 121 Å². The third kappa shape index (κ3) is 4.22. The van der Waals surface area contributed by atoms with Crippen molar-refractivity contribution in [3.8, 4) is 0 Å². The lowest BCUT2D eigenvalue weighted by Gasteiger charge is -2.26. The number of morpholine rings is 1. The number of hydrogen-bond donors (Lipinski definition) is 0. The summed E-state index contributed by atoms with van der Waals surface area (Å²) in [6, 6.07) is 3.61. The van der Waals surface area contributed by atoms with Gasteiger partial charge in [0.15, 0.2) is 0 Å². The number of rotatable bonds is 5. The van der Waals surface area contributed by atoms with E-state index in [0.717, 1.165) is 6.07 Å². The van der Waals surface area contributed by atoms with Gasteiger partial charge in [-0.05, 0) is 24.5 Å². The van der Waals surface area contributed by atoms with Crippen molar-refractivity contribution in [2.45, 2.75) is 19.3 Å². The summed E-state index contributed by atoms with van der Waals surface area (Å²) < 4.78 is 18.8. The zero-order chi connectivity index (χ0) is 15.2. The van der Waals surface area contributed by atoms with E-state index in [0.29, 0.717) is 51.1 Å². The molecule has 1 fully saturated rings. The fraction of sp³-hybridized carbons (Fsp3) is 0.500. The van der Waals surface area contributed by atoms with Crippen molar-refractivity contribution in [1.82, 2.24) is 4.90 Å². The molecule has 0 saturated carbocycles. The second-order valence-corrected chi connectivity index (χ2v) is 4.88. The van der Waals surface area contributed by atoms with Crippen LogP contribution in [0.2, 0.25) is 0 Å². The molecular weight excluding hydrogens is 279 g/mol. The normalized spacial score (nSPS) is 15.0. The largest absolute Gasteiger partial charge is 0.378 e. The van der Waals surface area contributed by atoms with Gasteiger partial charge in [0.2, 0.25) is 5.91 Å². The van der Waals surface area contributed by atoms with Gasteiger partial charge in [0.25, 0.3) is 5.69 Å². The number of halogens is 1. The first-order chi connectivity index (χ1) is 10.1. The number of aryl methyl sites for hydroxylation is 1. The van der Waals surface area contributed by atoms with Crippen molar-refractivity contribution in [2.75, 3.05) is 26.3 Å². The molecule has 0 radical (unpaired) electrons. The third-order valence-electron chi connectivity index (χ3n) is 3.45. The smallest absolute Gasteiger partial charge is 0.272 e. The highest BCUT2D eigenvalue weighted by atomic mass is 19.1. The fourth-order valence-corrected chi connectivity index (χ4v) is 2.25. The van der Waals surface area contributed by atoms with Crippen molar-refractivity contribution in [1.29, 1.82) is 0 Å². The van der Waals surface area contributed by atoms with Crippen LogP contribution in [0.4, 0.5) is 10.1 Å². The van der Waals surface area contributed by atoms with Gasteiger partial charge in [-0.15, -0.1) is 0 Å². The number of carbonyl (C=O) groups excluding carboxylic acids is 1. The summed E-state index contributed by atoms with van der Waals surface area (Å²) in [7, 11) is 0. The van der Waals surface area contributed by atoms with Crippen LogP contribution in [-0.2, 0) is 16.0 Å².